The van der Waals surface area contributed by atoms with Gasteiger partial charge in [0.1, 0.15) is 0 Å². The van der Waals surface area contributed by atoms with Crippen LogP contribution in [-0.4, -0.2) is 24.7 Å². The van der Waals surface area contributed by atoms with Crippen molar-refractivity contribution in [1.82, 2.24) is 19.8 Å². The van der Waals surface area contributed by atoms with Crippen molar-refractivity contribution in [2.45, 2.75) is 6.92 Å². The molecule has 1 aromatic carbocycles. The van der Waals surface area contributed by atoms with Crippen molar-refractivity contribution in [3.05, 3.63) is 33.9 Å². The van der Waals surface area contributed by atoms with E-state index in [0.717, 1.165) is 0 Å². The molecule has 0 saturated carbocycles. The molecular weight excluding hydrogens is 268 g/mol. The average molecular weight is 276 g/mol. The van der Waals surface area contributed by atoms with Gasteiger partial charge in [-0.1, -0.05) is 23.5 Å². The fourth-order valence-corrected chi connectivity index (χ4v) is 2.47. The Balaban J connectivity index is 2.27. The molecule has 2 N–H and O–H groups in total. The number of anilines is 1. The molecule has 0 aliphatic rings. The van der Waals surface area contributed by atoms with Crippen LogP contribution in [0.2, 0.25) is 0 Å². The number of nitrogens with zero attached hydrogens (tertiary/aromatic N) is 5. The minimum atomic E-state index is -0.424. The fourth-order valence-electron chi connectivity index (χ4n) is 1.86. The number of hydrogen-bond donors (Lipinski definition) is 1. The zero-order chi connectivity index (χ0) is 13.6. The number of benzene rings is 1. The summed E-state index contributed by atoms with van der Waals surface area (Å²) in [6.45, 7) is 1.67. The Hall–Kier alpha value is -2.55. The molecule has 0 radical (unpaired) electrons. The first kappa shape index (κ1) is 11.5. The average Bonchev–Trinajstić information content (AvgIpc) is 2.88. The normalized spacial score (nSPS) is 11.0. The van der Waals surface area contributed by atoms with E-state index in [1.807, 2.05) is 0 Å². The van der Waals surface area contributed by atoms with Gasteiger partial charge >= 0.3 is 0 Å². The molecule has 0 bridgehead atoms. The topological polar surface area (TPSA) is 112 Å². The smallest absolute Gasteiger partial charge is 0.273 e. The first-order valence-electron chi connectivity index (χ1n) is 5.30. The third-order valence-electron chi connectivity index (χ3n) is 2.75. The Morgan fingerprint density at radius 2 is 2.21 bits per heavy atom. The molecule has 2 heterocycles. The lowest BCUT2D eigenvalue weighted by molar-refractivity contribution is -0.385. The van der Waals surface area contributed by atoms with Crippen LogP contribution in [0.15, 0.2) is 18.2 Å². The number of nitrogen functional groups attached to an aromatic ring is 1. The van der Waals surface area contributed by atoms with Crippen LogP contribution in [0.4, 0.5) is 10.8 Å². The van der Waals surface area contributed by atoms with E-state index in [0.29, 0.717) is 27.0 Å². The van der Waals surface area contributed by atoms with Gasteiger partial charge in [-0.2, -0.15) is 4.52 Å². The van der Waals surface area contributed by atoms with Gasteiger partial charge in [-0.25, -0.2) is 0 Å². The summed E-state index contributed by atoms with van der Waals surface area (Å²) in [5.41, 5.74) is 6.79. The molecular formula is C10H8N6O2S. The van der Waals surface area contributed by atoms with Gasteiger partial charge in [-0.05, 0) is 6.92 Å². The second-order valence-corrected chi connectivity index (χ2v) is 4.85. The van der Waals surface area contributed by atoms with Gasteiger partial charge in [0, 0.05) is 17.2 Å². The van der Waals surface area contributed by atoms with Gasteiger partial charge in [0.2, 0.25) is 10.1 Å². The molecule has 3 aromatic rings. The summed E-state index contributed by atoms with van der Waals surface area (Å²) in [6.07, 6.45) is 0. The van der Waals surface area contributed by atoms with E-state index in [9.17, 15) is 10.1 Å². The third-order valence-corrected chi connectivity index (χ3v) is 3.48. The van der Waals surface area contributed by atoms with Gasteiger partial charge in [0.15, 0.2) is 5.82 Å². The third kappa shape index (κ3) is 1.71. The number of nitrogens with two attached hydrogens (primary N) is 1. The molecule has 0 atom stereocenters. The minimum absolute atomic E-state index is 0.0393. The largest absolute Gasteiger partial charge is 0.374 e. The Labute approximate surface area is 110 Å². The number of aromatic nitrogens is 4. The number of rotatable bonds is 2. The van der Waals surface area contributed by atoms with E-state index in [-0.39, 0.29) is 5.69 Å². The van der Waals surface area contributed by atoms with Crippen molar-refractivity contribution >= 4 is 27.1 Å². The second kappa shape index (κ2) is 3.99. The van der Waals surface area contributed by atoms with Gasteiger partial charge in [-0.3, -0.25) is 10.1 Å². The summed E-state index contributed by atoms with van der Waals surface area (Å²) in [5.74, 6) is 0.448. The maximum Gasteiger partial charge on any atom is 0.273 e. The quantitative estimate of drug-likeness (QED) is 0.562. The maximum absolute atomic E-state index is 10.9. The van der Waals surface area contributed by atoms with E-state index in [4.69, 9.17) is 5.73 Å². The van der Waals surface area contributed by atoms with Crippen LogP contribution < -0.4 is 5.73 Å². The fraction of sp³-hybridized carbons (Fsp3) is 0.100. The van der Waals surface area contributed by atoms with Crippen molar-refractivity contribution in [1.29, 1.82) is 0 Å². The number of fused-ring (bicyclic) bond motifs is 1. The highest BCUT2D eigenvalue weighted by Crippen LogP contribution is 2.29. The van der Waals surface area contributed by atoms with Crippen molar-refractivity contribution < 1.29 is 4.92 Å². The highest BCUT2D eigenvalue weighted by Gasteiger charge is 2.19. The monoisotopic (exact) mass is 276 g/mol. The van der Waals surface area contributed by atoms with Crippen molar-refractivity contribution in [3.8, 4) is 11.4 Å². The molecule has 96 valence electrons. The lowest BCUT2D eigenvalue weighted by Gasteiger charge is -2.02. The molecule has 0 amide bonds. The minimum Gasteiger partial charge on any atom is -0.374 e. The van der Waals surface area contributed by atoms with E-state index in [2.05, 4.69) is 15.3 Å². The summed E-state index contributed by atoms with van der Waals surface area (Å²) in [4.78, 5) is 11.1. The van der Waals surface area contributed by atoms with Gasteiger partial charge < -0.3 is 5.73 Å². The van der Waals surface area contributed by atoms with Crippen molar-refractivity contribution in [2.75, 3.05) is 5.73 Å². The lowest BCUT2D eigenvalue weighted by atomic mass is 10.1. The molecule has 8 nitrogen and oxygen atoms in total. The van der Waals surface area contributed by atoms with Crippen molar-refractivity contribution in [2.24, 2.45) is 0 Å². The molecule has 19 heavy (non-hydrogen) atoms. The van der Waals surface area contributed by atoms with Gasteiger partial charge in [0.25, 0.3) is 5.69 Å². The summed E-state index contributed by atoms with van der Waals surface area (Å²) >= 11 is 1.21. The molecule has 2 aromatic heterocycles. The Morgan fingerprint density at radius 1 is 1.42 bits per heavy atom. The van der Waals surface area contributed by atoms with E-state index in [1.165, 1.54) is 21.9 Å². The first-order chi connectivity index (χ1) is 9.08. The number of nitro benzene ring substituents is 1. The molecule has 0 saturated heterocycles. The zero-order valence-corrected chi connectivity index (χ0v) is 10.6. The van der Waals surface area contributed by atoms with Crippen LogP contribution in [0.1, 0.15) is 5.56 Å². The lowest BCUT2D eigenvalue weighted by Crippen LogP contribution is -1.97. The number of nitro groups is 1. The summed E-state index contributed by atoms with van der Waals surface area (Å²) in [7, 11) is 0. The molecule has 0 spiro atoms. The van der Waals surface area contributed by atoms with Crippen molar-refractivity contribution in [3.63, 3.8) is 0 Å². The SMILES string of the molecule is Cc1c(-c2nnc3sc(N)nn23)cccc1[N+](=O)[O-]. The highest BCUT2D eigenvalue weighted by molar-refractivity contribution is 7.20. The van der Waals surface area contributed by atoms with Crippen LogP contribution in [-0.2, 0) is 0 Å². The molecule has 0 fully saturated rings. The molecule has 0 aliphatic heterocycles. The van der Waals surface area contributed by atoms with E-state index >= 15 is 0 Å². The van der Waals surface area contributed by atoms with Crippen LogP contribution in [0, 0.1) is 17.0 Å². The molecule has 9 heteroatoms. The molecule has 0 aliphatic carbocycles. The van der Waals surface area contributed by atoms with Crippen LogP contribution >= 0.6 is 11.3 Å². The maximum atomic E-state index is 10.9. The summed E-state index contributed by atoms with van der Waals surface area (Å²) in [5, 5.41) is 23.4. The molecule has 3 rings (SSSR count). The summed E-state index contributed by atoms with van der Waals surface area (Å²) < 4.78 is 1.49. The second-order valence-electron chi connectivity index (χ2n) is 3.87. The van der Waals surface area contributed by atoms with Crippen LogP contribution in [0.5, 0.6) is 0 Å². The predicted molar refractivity (Wildman–Crippen MR) is 69.9 cm³/mol. The van der Waals surface area contributed by atoms with E-state index in [1.54, 1.807) is 19.1 Å². The highest BCUT2D eigenvalue weighted by atomic mass is 32.1. The Bertz CT molecular complexity index is 793. The molecule has 0 unspecified atom stereocenters. The first-order valence-corrected chi connectivity index (χ1v) is 6.11. The Kier molecular flexibility index (Phi) is 2.42. The van der Waals surface area contributed by atoms with E-state index < -0.39 is 4.92 Å². The summed E-state index contributed by atoms with van der Waals surface area (Å²) in [6, 6.07) is 4.80. The Morgan fingerprint density at radius 3 is 2.95 bits per heavy atom. The van der Waals surface area contributed by atoms with Crippen LogP contribution in [0.25, 0.3) is 16.3 Å². The van der Waals surface area contributed by atoms with Gasteiger partial charge in [-0.15, -0.1) is 15.3 Å². The number of hydrogen-bond acceptors (Lipinski definition) is 7. The predicted octanol–water partition coefficient (Wildman–Crippen LogP) is 1.65. The van der Waals surface area contributed by atoms with Crippen LogP contribution in [0.3, 0.4) is 0 Å². The standard InChI is InChI=1S/C10H8N6O2S/c1-5-6(3-2-4-7(5)16(17)18)8-12-13-10-15(8)14-9(11)19-10/h2-4H,1H3,(H2,11,14). The zero-order valence-electron chi connectivity index (χ0n) is 9.77. The van der Waals surface area contributed by atoms with Gasteiger partial charge in [0.05, 0.1) is 4.92 Å².